The molecule has 0 radical (unpaired) electrons. The fourth-order valence-corrected chi connectivity index (χ4v) is 4.97. The second kappa shape index (κ2) is 13.0. The number of anilines is 2. The van der Waals surface area contributed by atoms with Crippen LogP contribution < -0.4 is 10.2 Å². The molecule has 7 nitrogen and oxygen atoms in total. The summed E-state index contributed by atoms with van der Waals surface area (Å²) in [5.74, 6) is -1.69. The Balaban J connectivity index is 1.10. The van der Waals surface area contributed by atoms with E-state index in [1.54, 1.807) is 109 Å². The SMILES string of the molecule is O=C(/C=C\c1ccc(NC(=O)c2ccc3c(c2)C(=O)N(c2ccc(/C=C/C(=O)c4ccccc4)cc2)C3=O)cc1)c1ccccc1. The normalized spacial score (nSPS) is 12.5. The van der Waals surface area contributed by atoms with Gasteiger partial charge in [-0.25, -0.2) is 4.90 Å². The molecule has 46 heavy (non-hydrogen) atoms. The smallest absolute Gasteiger partial charge is 0.266 e. The van der Waals surface area contributed by atoms with Crippen LogP contribution in [0, 0.1) is 0 Å². The molecular weight excluding hydrogens is 576 g/mol. The topological polar surface area (TPSA) is 101 Å². The number of hydrogen-bond donors (Lipinski definition) is 1. The Morgan fingerprint density at radius 3 is 1.57 bits per heavy atom. The number of allylic oxidation sites excluding steroid dienone is 2. The van der Waals surface area contributed by atoms with E-state index in [9.17, 15) is 24.0 Å². The maximum Gasteiger partial charge on any atom is 0.266 e. The summed E-state index contributed by atoms with van der Waals surface area (Å²) < 4.78 is 0. The average Bonchev–Trinajstić information content (AvgIpc) is 3.36. The molecule has 5 aromatic carbocycles. The minimum absolute atomic E-state index is 0.109. The first-order chi connectivity index (χ1) is 22.4. The van der Waals surface area contributed by atoms with Gasteiger partial charge in [0.1, 0.15) is 0 Å². The van der Waals surface area contributed by atoms with Gasteiger partial charge in [0.2, 0.25) is 0 Å². The zero-order chi connectivity index (χ0) is 32.0. The van der Waals surface area contributed by atoms with Gasteiger partial charge < -0.3 is 5.32 Å². The fraction of sp³-hybridized carbons (Fsp3) is 0. The number of fused-ring (bicyclic) bond motifs is 1. The monoisotopic (exact) mass is 602 g/mol. The molecule has 1 aliphatic rings. The lowest BCUT2D eigenvalue weighted by atomic mass is 10.1. The van der Waals surface area contributed by atoms with E-state index in [0.29, 0.717) is 22.5 Å². The molecule has 0 saturated heterocycles. The number of carbonyl (C=O) groups is 5. The molecule has 0 spiro atoms. The van der Waals surface area contributed by atoms with E-state index in [2.05, 4.69) is 5.32 Å². The Hall–Kier alpha value is -6.47. The van der Waals surface area contributed by atoms with Crippen LogP contribution in [0.3, 0.4) is 0 Å². The second-order valence-corrected chi connectivity index (χ2v) is 10.5. The van der Waals surface area contributed by atoms with Gasteiger partial charge in [-0.05, 0) is 65.7 Å². The number of imide groups is 1. The molecule has 0 aliphatic carbocycles. The first-order valence-corrected chi connectivity index (χ1v) is 14.5. The van der Waals surface area contributed by atoms with Gasteiger partial charge in [-0.1, -0.05) is 97.1 Å². The number of nitrogens with one attached hydrogen (secondary N) is 1. The Morgan fingerprint density at radius 1 is 0.522 bits per heavy atom. The highest BCUT2D eigenvalue weighted by Crippen LogP contribution is 2.30. The van der Waals surface area contributed by atoms with Crippen molar-refractivity contribution in [3.05, 3.63) is 178 Å². The summed E-state index contributed by atoms with van der Waals surface area (Å²) in [4.78, 5) is 65.3. The minimum atomic E-state index is -0.529. The summed E-state index contributed by atoms with van der Waals surface area (Å²) in [5.41, 5.74) is 4.17. The van der Waals surface area contributed by atoms with Gasteiger partial charge in [0, 0.05) is 22.4 Å². The summed E-state index contributed by atoms with van der Waals surface area (Å²) >= 11 is 0. The number of amides is 3. The minimum Gasteiger partial charge on any atom is -0.322 e. The molecule has 1 N–H and O–H groups in total. The van der Waals surface area contributed by atoms with Crippen molar-refractivity contribution < 1.29 is 24.0 Å². The first kappa shape index (κ1) is 29.6. The molecule has 7 heteroatoms. The van der Waals surface area contributed by atoms with Gasteiger partial charge in [-0.15, -0.1) is 0 Å². The van der Waals surface area contributed by atoms with Crippen LogP contribution in [-0.2, 0) is 0 Å². The standard InChI is InChI=1S/C39H26N2O5/c42-35(28-7-3-1-4-8-28)23-15-26-11-18-31(19-12-26)40-37(44)30-17-22-33-34(25-30)39(46)41(38(33)45)32-20-13-27(14-21-32)16-24-36(43)29-9-5-2-6-10-29/h1-25H,(H,40,44)/b23-15-,24-16+. The molecule has 0 aromatic heterocycles. The quantitative estimate of drug-likeness (QED) is 0.107. The van der Waals surface area contributed by atoms with Gasteiger partial charge >= 0.3 is 0 Å². The van der Waals surface area contributed by atoms with E-state index in [1.807, 2.05) is 12.1 Å². The molecule has 1 heterocycles. The lowest BCUT2D eigenvalue weighted by Crippen LogP contribution is -2.29. The molecule has 1 aliphatic heterocycles. The molecular formula is C39H26N2O5. The van der Waals surface area contributed by atoms with E-state index in [4.69, 9.17) is 0 Å². The second-order valence-electron chi connectivity index (χ2n) is 10.5. The number of rotatable bonds is 9. The van der Waals surface area contributed by atoms with Gasteiger partial charge in [0.15, 0.2) is 11.6 Å². The summed E-state index contributed by atoms with van der Waals surface area (Å²) in [6.45, 7) is 0. The Kier molecular flexibility index (Phi) is 8.38. The molecule has 5 aromatic rings. The van der Waals surface area contributed by atoms with Crippen molar-refractivity contribution in [3.63, 3.8) is 0 Å². The van der Waals surface area contributed by atoms with Gasteiger partial charge in [0.05, 0.1) is 16.8 Å². The molecule has 222 valence electrons. The third-order valence-corrected chi connectivity index (χ3v) is 7.44. The predicted molar refractivity (Wildman–Crippen MR) is 178 cm³/mol. The van der Waals surface area contributed by atoms with Crippen molar-refractivity contribution in [3.8, 4) is 0 Å². The highest BCUT2D eigenvalue weighted by atomic mass is 16.2. The van der Waals surface area contributed by atoms with Gasteiger partial charge in [0.25, 0.3) is 17.7 Å². The molecule has 0 saturated carbocycles. The van der Waals surface area contributed by atoms with E-state index in [-0.39, 0.29) is 28.3 Å². The van der Waals surface area contributed by atoms with E-state index in [1.165, 1.54) is 30.4 Å². The van der Waals surface area contributed by atoms with Crippen molar-refractivity contribution in [2.45, 2.75) is 0 Å². The number of carbonyl (C=O) groups excluding carboxylic acids is 5. The van der Waals surface area contributed by atoms with Crippen LogP contribution in [0.1, 0.15) is 62.9 Å². The van der Waals surface area contributed by atoms with Crippen LogP contribution >= 0.6 is 0 Å². The largest absolute Gasteiger partial charge is 0.322 e. The Bertz CT molecular complexity index is 2030. The summed E-state index contributed by atoms with van der Waals surface area (Å²) in [7, 11) is 0. The van der Waals surface area contributed by atoms with Crippen LogP contribution in [0.2, 0.25) is 0 Å². The van der Waals surface area contributed by atoms with Gasteiger partial charge in [-0.2, -0.15) is 0 Å². The maximum atomic E-state index is 13.3. The van der Waals surface area contributed by atoms with Crippen molar-refractivity contribution >= 4 is 52.8 Å². The Morgan fingerprint density at radius 2 is 1.02 bits per heavy atom. The predicted octanol–water partition coefficient (Wildman–Crippen LogP) is 7.53. The molecule has 0 atom stereocenters. The molecule has 3 amide bonds. The van der Waals surface area contributed by atoms with Crippen molar-refractivity contribution in [1.29, 1.82) is 0 Å². The third-order valence-electron chi connectivity index (χ3n) is 7.44. The Labute approximate surface area is 265 Å². The van der Waals surface area contributed by atoms with Crippen LogP contribution in [0.25, 0.3) is 12.2 Å². The van der Waals surface area contributed by atoms with E-state index >= 15 is 0 Å². The average molecular weight is 603 g/mol. The first-order valence-electron chi connectivity index (χ1n) is 14.5. The number of benzene rings is 5. The summed E-state index contributed by atoms with van der Waals surface area (Å²) in [6.07, 6.45) is 6.34. The fourth-order valence-electron chi connectivity index (χ4n) is 4.97. The molecule has 0 unspecified atom stereocenters. The number of nitrogens with zero attached hydrogens (tertiary/aromatic N) is 1. The lowest BCUT2D eigenvalue weighted by Gasteiger charge is -2.13. The number of ketones is 2. The van der Waals surface area contributed by atoms with Crippen LogP contribution in [0.5, 0.6) is 0 Å². The zero-order valence-corrected chi connectivity index (χ0v) is 24.4. The summed E-state index contributed by atoms with van der Waals surface area (Å²) in [5, 5.41) is 2.80. The molecule has 0 fully saturated rings. The van der Waals surface area contributed by atoms with Crippen molar-refractivity contribution in [1.82, 2.24) is 0 Å². The maximum absolute atomic E-state index is 13.3. The van der Waals surface area contributed by atoms with Crippen molar-refractivity contribution in [2.75, 3.05) is 10.2 Å². The van der Waals surface area contributed by atoms with Crippen LogP contribution in [0.4, 0.5) is 11.4 Å². The summed E-state index contributed by atoms with van der Waals surface area (Å²) in [6, 6.07) is 36.0. The van der Waals surface area contributed by atoms with Gasteiger partial charge in [-0.3, -0.25) is 24.0 Å². The molecule has 0 bridgehead atoms. The number of hydrogen-bond acceptors (Lipinski definition) is 5. The zero-order valence-electron chi connectivity index (χ0n) is 24.4. The van der Waals surface area contributed by atoms with E-state index in [0.717, 1.165) is 16.0 Å². The third kappa shape index (κ3) is 6.39. The van der Waals surface area contributed by atoms with Crippen molar-refractivity contribution in [2.24, 2.45) is 0 Å². The molecule has 6 rings (SSSR count). The van der Waals surface area contributed by atoms with Crippen LogP contribution in [0.15, 0.2) is 140 Å². The highest BCUT2D eigenvalue weighted by Gasteiger charge is 2.37. The van der Waals surface area contributed by atoms with Crippen LogP contribution in [-0.4, -0.2) is 29.3 Å². The lowest BCUT2D eigenvalue weighted by molar-refractivity contribution is 0.0923. The highest BCUT2D eigenvalue weighted by molar-refractivity contribution is 6.34. The van der Waals surface area contributed by atoms with E-state index < -0.39 is 17.7 Å².